The third kappa shape index (κ3) is 3.11. The summed E-state index contributed by atoms with van der Waals surface area (Å²) in [6, 6.07) is 0. The number of likely N-dealkylation sites (tertiary alicyclic amines) is 1. The molecule has 1 atom stereocenters. The van der Waals surface area contributed by atoms with E-state index in [-0.39, 0.29) is 17.6 Å². The molecule has 0 aromatic carbocycles. The van der Waals surface area contributed by atoms with Crippen molar-refractivity contribution in [2.24, 2.45) is 11.1 Å². The Labute approximate surface area is 123 Å². The van der Waals surface area contributed by atoms with Gasteiger partial charge < -0.3 is 4.90 Å². The van der Waals surface area contributed by atoms with E-state index in [0.717, 1.165) is 36.9 Å². The molecule has 0 spiro atoms. The van der Waals surface area contributed by atoms with Gasteiger partial charge in [-0.1, -0.05) is 0 Å². The number of nitrogens with zero attached hydrogens (tertiary/aromatic N) is 2. The van der Waals surface area contributed by atoms with Gasteiger partial charge in [-0.05, 0) is 38.0 Å². The molecule has 1 aliphatic heterocycles. The summed E-state index contributed by atoms with van der Waals surface area (Å²) in [5, 5.41) is 12.2. The van der Waals surface area contributed by atoms with Crippen molar-refractivity contribution < 1.29 is 13.2 Å². The minimum absolute atomic E-state index is 0.0601. The highest BCUT2D eigenvalue weighted by Gasteiger charge is 2.32. The molecule has 8 heteroatoms. The second kappa shape index (κ2) is 5.42. The van der Waals surface area contributed by atoms with Crippen LogP contribution in [0.15, 0.2) is 0 Å². The third-order valence-corrected chi connectivity index (χ3v) is 5.24. The van der Waals surface area contributed by atoms with Crippen molar-refractivity contribution in [3.05, 3.63) is 17.0 Å². The number of carbonyl (C=O) groups excluding carboxylic acids is 1. The van der Waals surface area contributed by atoms with Gasteiger partial charge in [0.2, 0.25) is 10.0 Å². The minimum atomic E-state index is -3.48. The Balaban J connectivity index is 1.71. The van der Waals surface area contributed by atoms with E-state index in [2.05, 4.69) is 10.2 Å². The quantitative estimate of drug-likeness (QED) is 0.821. The first kappa shape index (κ1) is 14.5. The Bertz CT molecular complexity index is 652. The highest BCUT2D eigenvalue weighted by molar-refractivity contribution is 7.89. The lowest BCUT2D eigenvalue weighted by Gasteiger charge is -2.17. The van der Waals surface area contributed by atoms with Crippen molar-refractivity contribution >= 4 is 15.9 Å². The summed E-state index contributed by atoms with van der Waals surface area (Å²) in [7, 11) is -3.48. The number of amides is 1. The number of carbonyl (C=O) groups is 1. The largest absolute Gasteiger partial charge is 0.337 e. The van der Waals surface area contributed by atoms with Crippen LogP contribution in [0.5, 0.6) is 0 Å². The lowest BCUT2D eigenvalue weighted by molar-refractivity contribution is 0.0781. The minimum Gasteiger partial charge on any atom is -0.337 e. The average molecular weight is 312 g/mol. The number of primary sulfonamides is 1. The molecule has 1 amide bonds. The van der Waals surface area contributed by atoms with Gasteiger partial charge in [-0.15, -0.1) is 0 Å². The van der Waals surface area contributed by atoms with Crippen molar-refractivity contribution in [2.45, 2.75) is 32.1 Å². The maximum atomic E-state index is 12.6. The fourth-order valence-electron chi connectivity index (χ4n) is 3.29. The van der Waals surface area contributed by atoms with E-state index in [9.17, 15) is 13.2 Å². The summed E-state index contributed by atoms with van der Waals surface area (Å²) in [6.07, 6.45) is 4.73. The molecular weight excluding hydrogens is 292 g/mol. The molecule has 7 nitrogen and oxygen atoms in total. The lowest BCUT2D eigenvalue weighted by atomic mass is 9.95. The van der Waals surface area contributed by atoms with Gasteiger partial charge in [0.25, 0.3) is 5.91 Å². The molecule has 1 aliphatic carbocycles. The third-order valence-electron chi connectivity index (χ3n) is 4.30. The van der Waals surface area contributed by atoms with Gasteiger partial charge in [0.15, 0.2) is 5.69 Å². The second-order valence-electron chi connectivity index (χ2n) is 5.97. The normalized spacial score (nSPS) is 22.3. The van der Waals surface area contributed by atoms with E-state index < -0.39 is 10.0 Å². The Morgan fingerprint density at radius 2 is 2.14 bits per heavy atom. The number of aryl methyl sites for hydroxylation is 1. The predicted octanol–water partition coefficient (Wildman–Crippen LogP) is 0.0391. The first-order chi connectivity index (χ1) is 9.94. The second-order valence-corrected chi connectivity index (χ2v) is 7.63. The highest BCUT2D eigenvalue weighted by Crippen LogP contribution is 2.25. The number of sulfonamides is 1. The molecule has 3 N–H and O–H groups in total. The van der Waals surface area contributed by atoms with Gasteiger partial charge in [-0.25, -0.2) is 13.6 Å². The van der Waals surface area contributed by atoms with Crippen molar-refractivity contribution in [3.8, 4) is 0 Å². The zero-order valence-corrected chi connectivity index (χ0v) is 12.7. The fourth-order valence-corrected chi connectivity index (χ4v) is 4.22. The summed E-state index contributed by atoms with van der Waals surface area (Å²) >= 11 is 0. The molecule has 0 unspecified atom stereocenters. The molecule has 1 saturated heterocycles. The van der Waals surface area contributed by atoms with E-state index in [1.54, 1.807) is 4.90 Å². The zero-order valence-electron chi connectivity index (χ0n) is 11.8. The summed E-state index contributed by atoms with van der Waals surface area (Å²) < 4.78 is 22.3. The van der Waals surface area contributed by atoms with Crippen LogP contribution in [0.2, 0.25) is 0 Å². The topological polar surface area (TPSA) is 109 Å². The van der Waals surface area contributed by atoms with Crippen LogP contribution < -0.4 is 5.14 Å². The van der Waals surface area contributed by atoms with E-state index >= 15 is 0 Å². The molecule has 0 bridgehead atoms. The van der Waals surface area contributed by atoms with Crippen LogP contribution in [0.4, 0.5) is 0 Å². The summed E-state index contributed by atoms with van der Waals surface area (Å²) in [5.41, 5.74) is 2.63. The van der Waals surface area contributed by atoms with Crippen LogP contribution in [-0.2, 0) is 22.9 Å². The number of nitrogens with one attached hydrogen (secondary N) is 1. The molecular formula is C13H20N4O3S. The lowest BCUT2D eigenvalue weighted by Crippen LogP contribution is -2.31. The van der Waals surface area contributed by atoms with Gasteiger partial charge in [-0.3, -0.25) is 9.89 Å². The van der Waals surface area contributed by atoms with Crippen LogP contribution in [-0.4, -0.2) is 48.3 Å². The zero-order chi connectivity index (χ0) is 15.0. The fraction of sp³-hybridized carbons (Fsp3) is 0.692. The maximum Gasteiger partial charge on any atom is 0.274 e. The first-order valence-corrected chi connectivity index (χ1v) is 9.01. The van der Waals surface area contributed by atoms with E-state index in [1.165, 1.54) is 0 Å². The molecule has 21 heavy (non-hydrogen) atoms. The molecule has 1 aromatic heterocycles. The Morgan fingerprint density at radius 3 is 2.90 bits per heavy atom. The molecule has 2 heterocycles. The maximum absolute atomic E-state index is 12.6. The summed E-state index contributed by atoms with van der Waals surface area (Å²) in [5.74, 6) is -0.222. The monoisotopic (exact) mass is 312 g/mol. The Hall–Kier alpha value is -1.41. The number of rotatable bonds is 3. The van der Waals surface area contributed by atoms with Gasteiger partial charge in [0, 0.05) is 24.3 Å². The first-order valence-electron chi connectivity index (χ1n) is 7.30. The van der Waals surface area contributed by atoms with Crippen molar-refractivity contribution in [1.29, 1.82) is 0 Å². The smallest absolute Gasteiger partial charge is 0.274 e. The van der Waals surface area contributed by atoms with E-state index in [0.29, 0.717) is 25.2 Å². The van der Waals surface area contributed by atoms with Crippen LogP contribution in [0.3, 0.4) is 0 Å². The molecule has 3 rings (SSSR count). The van der Waals surface area contributed by atoms with E-state index in [1.807, 2.05) is 0 Å². The van der Waals surface area contributed by atoms with Crippen LogP contribution in [0.25, 0.3) is 0 Å². The molecule has 2 aliphatic rings. The number of aromatic nitrogens is 2. The van der Waals surface area contributed by atoms with Crippen molar-refractivity contribution in [1.82, 2.24) is 15.1 Å². The average Bonchev–Trinajstić information content (AvgIpc) is 3.02. The Morgan fingerprint density at radius 1 is 1.38 bits per heavy atom. The van der Waals surface area contributed by atoms with Crippen LogP contribution in [0.1, 0.15) is 41.0 Å². The standard InChI is InChI=1S/C13H20N4O3S/c14-21(19,20)8-9-5-6-17(7-9)13(18)12-10-3-1-2-4-11(10)15-16-12/h9H,1-8H2,(H,15,16)(H2,14,19,20)/t9-/m1/s1. The van der Waals surface area contributed by atoms with Crippen LogP contribution in [0, 0.1) is 5.92 Å². The number of aromatic amines is 1. The van der Waals surface area contributed by atoms with Gasteiger partial charge in [0.05, 0.1) is 5.75 Å². The van der Waals surface area contributed by atoms with Gasteiger partial charge in [-0.2, -0.15) is 5.10 Å². The number of nitrogens with two attached hydrogens (primary N) is 1. The molecule has 1 aromatic rings. The van der Waals surface area contributed by atoms with Crippen LogP contribution >= 0.6 is 0 Å². The van der Waals surface area contributed by atoms with Gasteiger partial charge in [0.1, 0.15) is 0 Å². The number of hydrogen-bond donors (Lipinski definition) is 2. The molecule has 1 fully saturated rings. The van der Waals surface area contributed by atoms with Crippen molar-refractivity contribution in [2.75, 3.05) is 18.8 Å². The molecule has 0 saturated carbocycles. The number of H-pyrrole nitrogens is 1. The summed E-state index contributed by atoms with van der Waals surface area (Å²) in [6.45, 7) is 1.01. The summed E-state index contributed by atoms with van der Waals surface area (Å²) in [4.78, 5) is 14.2. The number of hydrogen-bond acceptors (Lipinski definition) is 4. The predicted molar refractivity (Wildman–Crippen MR) is 77.2 cm³/mol. The molecule has 0 radical (unpaired) electrons. The highest BCUT2D eigenvalue weighted by atomic mass is 32.2. The van der Waals surface area contributed by atoms with Crippen molar-refractivity contribution in [3.63, 3.8) is 0 Å². The van der Waals surface area contributed by atoms with Gasteiger partial charge >= 0.3 is 0 Å². The number of fused-ring (bicyclic) bond motifs is 1. The van der Waals surface area contributed by atoms with E-state index in [4.69, 9.17) is 5.14 Å². The molecule has 116 valence electrons. The Kier molecular flexibility index (Phi) is 3.75. The SMILES string of the molecule is NS(=O)(=O)C[C@@H]1CCN(C(=O)c2n[nH]c3c2CCCC3)C1.